The van der Waals surface area contributed by atoms with E-state index in [4.69, 9.17) is 17.3 Å². The predicted octanol–water partition coefficient (Wildman–Crippen LogP) is 3.11. The quantitative estimate of drug-likeness (QED) is 0.932. The first-order chi connectivity index (χ1) is 9.30. The van der Waals surface area contributed by atoms with Gasteiger partial charge in [0.2, 0.25) is 5.78 Å². The molecule has 0 spiro atoms. The number of hydrogen-bond acceptors (Lipinski definition) is 3. The van der Waals surface area contributed by atoms with Crippen LogP contribution in [0.4, 0.5) is 14.5 Å². The van der Waals surface area contributed by atoms with Crippen molar-refractivity contribution >= 4 is 23.1 Å². The highest BCUT2D eigenvalue weighted by Crippen LogP contribution is 2.27. The average molecular weight is 299 g/mol. The van der Waals surface area contributed by atoms with Crippen molar-refractivity contribution in [2.75, 3.05) is 4.90 Å². The van der Waals surface area contributed by atoms with E-state index in [1.807, 2.05) is 0 Å². The van der Waals surface area contributed by atoms with E-state index in [-0.39, 0.29) is 5.57 Å². The molecule has 3 nitrogen and oxygen atoms in total. The molecule has 1 heterocycles. The van der Waals surface area contributed by atoms with Crippen molar-refractivity contribution in [3.63, 3.8) is 0 Å². The third-order valence-corrected chi connectivity index (χ3v) is 3.18. The zero-order valence-electron chi connectivity index (χ0n) is 10.7. The van der Waals surface area contributed by atoms with Crippen molar-refractivity contribution in [2.45, 2.75) is 19.0 Å². The lowest BCUT2D eigenvalue weighted by atomic mass is 10.0. The number of nitrogens with two attached hydrogens (primary N) is 1. The minimum Gasteiger partial charge on any atom is -0.328 e. The van der Waals surface area contributed by atoms with Crippen molar-refractivity contribution in [2.24, 2.45) is 5.73 Å². The molecule has 106 valence electrons. The number of carbonyl (C=O) groups excluding carboxylic acids is 1. The first-order valence-corrected chi connectivity index (χ1v) is 6.29. The Bertz CT molecular complexity index is 576. The number of halogens is 3. The average Bonchev–Trinajstić information content (AvgIpc) is 2.38. The molecule has 1 aromatic carbocycles. The van der Waals surface area contributed by atoms with Gasteiger partial charge in [-0.3, -0.25) is 4.79 Å². The molecule has 2 rings (SSSR count). The van der Waals surface area contributed by atoms with Gasteiger partial charge < -0.3 is 10.6 Å². The Balaban J connectivity index is 2.29. The third-order valence-electron chi connectivity index (χ3n) is 2.93. The zero-order chi connectivity index (χ0) is 14.9. The summed E-state index contributed by atoms with van der Waals surface area (Å²) in [6.07, 6.45) is 3.49. The number of hydrogen-bond donors (Lipinski definition) is 1. The summed E-state index contributed by atoms with van der Waals surface area (Å²) in [5, 5.41) is 0.551. The smallest absolute Gasteiger partial charge is 0.306 e. The number of rotatable bonds is 3. The van der Waals surface area contributed by atoms with Gasteiger partial charge in [0.1, 0.15) is 6.17 Å². The molecule has 0 aromatic heterocycles. The SMILES string of the molecule is CC(F)(F)C(=O)C1=CC=CN(c2ccc(Cl)cc2)C1N. The second-order valence-electron chi connectivity index (χ2n) is 4.51. The fraction of sp³-hybridized carbons (Fsp3) is 0.214. The molecule has 0 saturated carbocycles. The van der Waals surface area contributed by atoms with Crippen LogP contribution in [0.2, 0.25) is 5.02 Å². The Kier molecular flexibility index (Phi) is 3.92. The van der Waals surface area contributed by atoms with Gasteiger partial charge in [-0.15, -0.1) is 0 Å². The summed E-state index contributed by atoms with van der Waals surface area (Å²) in [4.78, 5) is 13.2. The second-order valence-corrected chi connectivity index (χ2v) is 4.95. The molecule has 0 amide bonds. The molecule has 0 saturated heterocycles. The van der Waals surface area contributed by atoms with Gasteiger partial charge in [-0.25, -0.2) is 0 Å². The van der Waals surface area contributed by atoms with Crippen LogP contribution >= 0.6 is 11.6 Å². The highest BCUT2D eigenvalue weighted by atomic mass is 35.5. The molecule has 2 N–H and O–H groups in total. The van der Waals surface area contributed by atoms with Crippen LogP contribution < -0.4 is 10.6 Å². The van der Waals surface area contributed by atoms with E-state index >= 15 is 0 Å². The molecule has 20 heavy (non-hydrogen) atoms. The highest BCUT2D eigenvalue weighted by molar-refractivity contribution is 6.30. The Hall–Kier alpha value is -1.72. The van der Waals surface area contributed by atoms with Crippen LogP contribution in [0.1, 0.15) is 6.92 Å². The summed E-state index contributed by atoms with van der Waals surface area (Å²) in [6, 6.07) is 6.71. The van der Waals surface area contributed by atoms with Crippen molar-refractivity contribution in [3.05, 3.63) is 53.2 Å². The standard InChI is InChI=1S/C14H13ClF2N2O/c1-14(16,17)12(20)11-3-2-8-19(13(11)18)10-6-4-9(15)5-7-10/h2-8,13H,18H2,1H3. The molecule has 1 aliphatic heterocycles. The second kappa shape index (κ2) is 5.34. The molecule has 0 fully saturated rings. The summed E-state index contributed by atoms with van der Waals surface area (Å²) in [5.41, 5.74) is 6.44. The maximum Gasteiger partial charge on any atom is 0.306 e. The number of ketones is 1. The highest BCUT2D eigenvalue weighted by Gasteiger charge is 2.38. The maximum atomic E-state index is 13.2. The van der Waals surface area contributed by atoms with Crippen molar-refractivity contribution in [1.82, 2.24) is 0 Å². The molecule has 0 bridgehead atoms. The molecule has 1 aromatic rings. The van der Waals surface area contributed by atoms with E-state index in [1.54, 1.807) is 30.5 Å². The number of carbonyl (C=O) groups is 1. The molecular weight excluding hydrogens is 286 g/mol. The van der Waals surface area contributed by atoms with Gasteiger partial charge in [0.05, 0.1) is 0 Å². The van der Waals surface area contributed by atoms with Gasteiger partial charge >= 0.3 is 5.92 Å². The first kappa shape index (κ1) is 14.7. The fourth-order valence-electron chi connectivity index (χ4n) is 1.90. The monoisotopic (exact) mass is 298 g/mol. The van der Waals surface area contributed by atoms with E-state index < -0.39 is 17.9 Å². The molecule has 1 unspecified atom stereocenters. The summed E-state index contributed by atoms with van der Waals surface area (Å²) < 4.78 is 26.3. The van der Waals surface area contributed by atoms with Gasteiger partial charge in [-0.1, -0.05) is 17.7 Å². The Morgan fingerprint density at radius 3 is 2.50 bits per heavy atom. The van der Waals surface area contributed by atoms with Gasteiger partial charge in [-0.05, 0) is 30.3 Å². The van der Waals surface area contributed by atoms with E-state index in [2.05, 4.69) is 0 Å². The van der Waals surface area contributed by atoms with Crippen LogP contribution in [-0.4, -0.2) is 17.9 Å². The third kappa shape index (κ3) is 2.89. The Labute approximate surface area is 120 Å². The molecule has 1 atom stereocenters. The fourth-order valence-corrected chi connectivity index (χ4v) is 2.03. The van der Waals surface area contributed by atoms with Crippen molar-refractivity contribution in [3.8, 4) is 0 Å². The normalized spacial score (nSPS) is 18.9. The van der Waals surface area contributed by atoms with Crippen LogP contribution in [0.5, 0.6) is 0 Å². The number of anilines is 1. The zero-order valence-corrected chi connectivity index (χ0v) is 11.4. The number of nitrogens with zero attached hydrogens (tertiary/aromatic N) is 1. The first-order valence-electron chi connectivity index (χ1n) is 5.91. The van der Waals surface area contributed by atoms with Crippen LogP contribution in [0.3, 0.4) is 0 Å². The number of alkyl halides is 2. The van der Waals surface area contributed by atoms with Crippen LogP contribution in [-0.2, 0) is 4.79 Å². The molecule has 1 aliphatic rings. The Morgan fingerprint density at radius 2 is 1.95 bits per heavy atom. The van der Waals surface area contributed by atoms with E-state index in [1.165, 1.54) is 17.1 Å². The van der Waals surface area contributed by atoms with Crippen molar-refractivity contribution in [1.29, 1.82) is 0 Å². The largest absolute Gasteiger partial charge is 0.328 e. The maximum absolute atomic E-state index is 13.2. The summed E-state index contributed by atoms with van der Waals surface area (Å²) in [5.74, 6) is -4.71. The van der Waals surface area contributed by atoms with E-state index in [0.29, 0.717) is 17.6 Å². The number of Topliss-reactive ketones (excluding diaryl/α,β-unsaturated/α-hetero) is 1. The summed E-state index contributed by atoms with van der Waals surface area (Å²) in [7, 11) is 0. The van der Waals surface area contributed by atoms with Crippen LogP contribution in [0.25, 0.3) is 0 Å². The molecule has 0 aliphatic carbocycles. The summed E-state index contributed by atoms with van der Waals surface area (Å²) in [6.45, 7) is 0.563. The Morgan fingerprint density at radius 1 is 1.35 bits per heavy atom. The van der Waals surface area contributed by atoms with Crippen molar-refractivity contribution < 1.29 is 13.6 Å². The lowest BCUT2D eigenvalue weighted by molar-refractivity contribution is -0.136. The minimum atomic E-state index is -3.44. The van der Waals surface area contributed by atoms with Crippen LogP contribution in [0.15, 0.2) is 48.2 Å². The lowest BCUT2D eigenvalue weighted by Crippen LogP contribution is -2.46. The minimum absolute atomic E-state index is 0.130. The van der Waals surface area contributed by atoms with E-state index in [9.17, 15) is 13.6 Å². The number of allylic oxidation sites excluding steroid dienone is 2. The summed E-state index contributed by atoms with van der Waals surface area (Å²) >= 11 is 5.79. The van der Waals surface area contributed by atoms with Gasteiger partial charge in [0.25, 0.3) is 0 Å². The van der Waals surface area contributed by atoms with E-state index in [0.717, 1.165) is 0 Å². The predicted molar refractivity (Wildman–Crippen MR) is 74.8 cm³/mol. The molecule has 0 radical (unpaired) electrons. The molecule has 6 heteroatoms. The van der Waals surface area contributed by atoms with Gasteiger partial charge in [0, 0.05) is 29.4 Å². The number of benzene rings is 1. The topological polar surface area (TPSA) is 46.3 Å². The van der Waals surface area contributed by atoms with Gasteiger partial charge in [0.15, 0.2) is 0 Å². The van der Waals surface area contributed by atoms with Gasteiger partial charge in [-0.2, -0.15) is 8.78 Å². The van der Waals surface area contributed by atoms with Crippen LogP contribution in [0, 0.1) is 0 Å². The molecular formula is C14H13ClF2N2O. The lowest BCUT2D eigenvalue weighted by Gasteiger charge is -2.32.